The van der Waals surface area contributed by atoms with Gasteiger partial charge < -0.3 is 10.1 Å². The second-order valence-electron chi connectivity index (χ2n) is 6.87. The highest BCUT2D eigenvalue weighted by Crippen LogP contribution is 2.34. The Morgan fingerprint density at radius 3 is 2.78 bits per heavy atom. The van der Waals surface area contributed by atoms with Crippen LogP contribution in [0.25, 0.3) is 6.08 Å². The number of carbonyl (C=O) groups is 2. The van der Waals surface area contributed by atoms with Crippen molar-refractivity contribution in [1.29, 1.82) is 0 Å². The molecule has 10 heteroatoms. The average Bonchev–Trinajstić information content (AvgIpc) is 2.99. The summed E-state index contributed by atoms with van der Waals surface area (Å²) >= 11 is 12.4. The van der Waals surface area contributed by atoms with E-state index in [1.807, 2.05) is 13.0 Å². The average molecular weight is 497 g/mol. The first kappa shape index (κ1) is 24.2. The molecule has 1 fully saturated rings. The van der Waals surface area contributed by atoms with Crippen molar-refractivity contribution in [3.8, 4) is 5.75 Å². The predicted octanol–water partition coefficient (Wildman–Crippen LogP) is 5.87. The Labute approximate surface area is 198 Å². The molecule has 0 unspecified atom stereocenters. The molecule has 5 nitrogen and oxygen atoms in total. The van der Waals surface area contributed by atoms with E-state index in [0.717, 1.165) is 17.3 Å². The van der Waals surface area contributed by atoms with Crippen LogP contribution in [-0.4, -0.2) is 34.2 Å². The number of rotatable bonds is 8. The Bertz CT molecular complexity index is 1080. The lowest BCUT2D eigenvalue weighted by molar-refractivity contribution is -0.122. The number of thioether (sulfide) groups is 1. The zero-order valence-electron chi connectivity index (χ0n) is 16.9. The smallest absolute Gasteiger partial charge is 0.387 e. The zero-order valence-corrected chi connectivity index (χ0v) is 19.3. The number of nitrogens with one attached hydrogen (secondary N) is 1. The van der Waals surface area contributed by atoms with Gasteiger partial charge in [0.25, 0.3) is 5.91 Å². The van der Waals surface area contributed by atoms with Crippen LogP contribution in [0.3, 0.4) is 0 Å². The van der Waals surface area contributed by atoms with E-state index < -0.39 is 6.61 Å². The number of ether oxygens (including phenoxy) is 1. The first-order valence-corrected chi connectivity index (χ1v) is 11.2. The van der Waals surface area contributed by atoms with E-state index in [0.29, 0.717) is 31.9 Å². The molecule has 0 spiro atoms. The van der Waals surface area contributed by atoms with Gasteiger partial charge in [-0.2, -0.15) is 8.78 Å². The highest BCUT2D eigenvalue weighted by Gasteiger charge is 2.32. The lowest BCUT2D eigenvalue weighted by atomic mass is 10.2. The summed E-state index contributed by atoms with van der Waals surface area (Å²) in [4.78, 5) is 26.6. The first-order chi connectivity index (χ1) is 15.2. The van der Waals surface area contributed by atoms with Crippen molar-refractivity contribution in [2.45, 2.75) is 26.4 Å². The molecule has 2 aromatic rings. The Balaban J connectivity index is 1.58. The number of anilines is 1. The van der Waals surface area contributed by atoms with Gasteiger partial charge in [-0.05, 0) is 43.2 Å². The van der Waals surface area contributed by atoms with Crippen molar-refractivity contribution >= 4 is 63.5 Å². The second-order valence-corrected chi connectivity index (χ2v) is 8.95. The molecule has 1 N–H and O–H groups in total. The number of nitrogens with zero attached hydrogens (tertiary/aromatic N) is 1. The van der Waals surface area contributed by atoms with E-state index in [4.69, 9.17) is 23.8 Å². The van der Waals surface area contributed by atoms with Crippen LogP contribution in [0.2, 0.25) is 5.02 Å². The molecule has 1 saturated heterocycles. The topological polar surface area (TPSA) is 58.6 Å². The summed E-state index contributed by atoms with van der Waals surface area (Å²) in [5, 5.41) is 3.33. The third-order valence-electron chi connectivity index (χ3n) is 4.54. The molecule has 3 rings (SSSR count). The summed E-state index contributed by atoms with van der Waals surface area (Å²) in [6.07, 6.45) is 2.06. The number of hydrogen-bond donors (Lipinski definition) is 1. The van der Waals surface area contributed by atoms with Crippen LogP contribution in [0.5, 0.6) is 5.75 Å². The van der Waals surface area contributed by atoms with Gasteiger partial charge in [0.15, 0.2) is 0 Å². The molecule has 0 bridgehead atoms. The largest absolute Gasteiger partial charge is 0.434 e. The minimum atomic E-state index is -2.97. The molecule has 0 saturated carbocycles. The molecule has 2 aromatic carbocycles. The van der Waals surface area contributed by atoms with Gasteiger partial charge in [-0.1, -0.05) is 59.8 Å². The van der Waals surface area contributed by atoms with Gasteiger partial charge in [0.05, 0.1) is 4.91 Å². The van der Waals surface area contributed by atoms with Crippen molar-refractivity contribution in [3.05, 3.63) is 63.5 Å². The van der Waals surface area contributed by atoms with Crippen LogP contribution < -0.4 is 10.1 Å². The molecule has 2 amide bonds. The molecule has 32 heavy (non-hydrogen) atoms. The van der Waals surface area contributed by atoms with Crippen molar-refractivity contribution in [1.82, 2.24) is 4.90 Å². The van der Waals surface area contributed by atoms with Gasteiger partial charge >= 0.3 is 6.61 Å². The van der Waals surface area contributed by atoms with Crippen molar-refractivity contribution < 1.29 is 23.1 Å². The van der Waals surface area contributed by atoms with Crippen molar-refractivity contribution in [3.63, 3.8) is 0 Å². The number of alkyl halides is 2. The fourth-order valence-electron chi connectivity index (χ4n) is 2.93. The van der Waals surface area contributed by atoms with Crippen molar-refractivity contribution in [2.75, 3.05) is 11.9 Å². The third-order valence-corrected chi connectivity index (χ3v) is 6.32. The number of amides is 2. The Kier molecular flexibility index (Phi) is 8.22. The molecule has 1 aliphatic heterocycles. The quantitative estimate of drug-likeness (QED) is 0.366. The Hall–Kier alpha value is -2.49. The number of carbonyl (C=O) groups excluding carboxylic acids is 2. The highest BCUT2D eigenvalue weighted by molar-refractivity contribution is 8.26. The highest BCUT2D eigenvalue weighted by atomic mass is 35.5. The Morgan fingerprint density at radius 2 is 2.06 bits per heavy atom. The summed E-state index contributed by atoms with van der Waals surface area (Å²) in [7, 11) is 0. The van der Waals surface area contributed by atoms with Gasteiger partial charge in [0, 0.05) is 29.2 Å². The van der Waals surface area contributed by atoms with Crippen LogP contribution >= 0.6 is 35.6 Å². The molecule has 0 radical (unpaired) electrons. The molecular weight excluding hydrogens is 478 g/mol. The van der Waals surface area contributed by atoms with Crippen LogP contribution in [0, 0.1) is 6.92 Å². The molecular formula is C22H19ClF2N2O3S2. The SMILES string of the molecule is Cc1ccc(NC(=O)CCCN2C(=O)/C(=C/c3ccccc3OC(F)F)SC2=S)cc1Cl. The Morgan fingerprint density at radius 1 is 1.31 bits per heavy atom. The fraction of sp³-hybridized carbons (Fsp3) is 0.227. The number of thiocarbonyl (C=S) groups is 1. The first-order valence-electron chi connectivity index (χ1n) is 9.60. The number of para-hydroxylation sites is 1. The summed E-state index contributed by atoms with van der Waals surface area (Å²) in [5.74, 6) is -0.567. The van der Waals surface area contributed by atoms with E-state index in [2.05, 4.69) is 10.1 Å². The van der Waals surface area contributed by atoms with Crippen molar-refractivity contribution in [2.24, 2.45) is 0 Å². The molecule has 0 aromatic heterocycles. The van der Waals surface area contributed by atoms with Gasteiger partial charge in [0.2, 0.25) is 5.91 Å². The summed E-state index contributed by atoms with van der Waals surface area (Å²) < 4.78 is 30.1. The number of hydrogen-bond acceptors (Lipinski definition) is 5. The molecule has 0 aliphatic carbocycles. The van der Waals surface area contributed by atoms with Crippen LogP contribution in [0.15, 0.2) is 47.4 Å². The van der Waals surface area contributed by atoms with E-state index in [-0.39, 0.29) is 30.5 Å². The lowest BCUT2D eigenvalue weighted by Gasteiger charge is -2.14. The number of halogens is 3. The van der Waals surface area contributed by atoms with Gasteiger partial charge in [-0.25, -0.2) is 0 Å². The van der Waals surface area contributed by atoms with E-state index in [1.165, 1.54) is 17.0 Å². The van der Waals surface area contributed by atoms with Crippen LogP contribution in [0.1, 0.15) is 24.0 Å². The molecule has 1 aliphatic rings. The minimum absolute atomic E-state index is 0.0272. The third kappa shape index (κ3) is 6.27. The molecule has 168 valence electrons. The zero-order chi connectivity index (χ0) is 23.3. The summed E-state index contributed by atoms with van der Waals surface area (Å²) in [6.45, 7) is -0.838. The normalized spacial score (nSPS) is 15.0. The fourth-order valence-corrected chi connectivity index (χ4v) is 4.41. The van der Waals surface area contributed by atoms with Crippen LogP contribution in [0.4, 0.5) is 14.5 Å². The maximum Gasteiger partial charge on any atom is 0.387 e. The summed E-state index contributed by atoms with van der Waals surface area (Å²) in [5.41, 5.74) is 1.86. The molecule has 0 atom stereocenters. The summed E-state index contributed by atoms with van der Waals surface area (Å²) in [6, 6.07) is 11.5. The second kappa shape index (κ2) is 10.9. The van der Waals surface area contributed by atoms with E-state index >= 15 is 0 Å². The monoisotopic (exact) mass is 496 g/mol. The lowest BCUT2D eigenvalue weighted by Crippen LogP contribution is -2.29. The predicted molar refractivity (Wildman–Crippen MR) is 127 cm³/mol. The standard InChI is InChI=1S/C22H19ClF2N2O3S2/c1-13-8-9-15(12-16(13)23)26-19(28)7-4-10-27-20(29)18(32-22(27)31)11-14-5-2-3-6-17(14)30-21(24)25/h2-3,5-6,8-9,11-12,21H,4,7,10H2,1H3,(H,26,28)/b18-11-. The maximum absolute atomic E-state index is 12.7. The maximum atomic E-state index is 12.7. The molecule has 1 heterocycles. The number of aryl methyl sites for hydroxylation is 1. The van der Waals surface area contributed by atoms with Gasteiger partial charge in [0.1, 0.15) is 10.1 Å². The van der Waals surface area contributed by atoms with Gasteiger partial charge in [-0.3, -0.25) is 14.5 Å². The van der Waals surface area contributed by atoms with E-state index in [9.17, 15) is 18.4 Å². The minimum Gasteiger partial charge on any atom is -0.434 e. The number of benzene rings is 2. The van der Waals surface area contributed by atoms with Crippen LogP contribution in [-0.2, 0) is 9.59 Å². The van der Waals surface area contributed by atoms with Gasteiger partial charge in [-0.15, -0.1) is 0 Å². The van der Waals surface area contributed by atoms with E-state index in [1.54, 1.807) is 30.3 Å².